The van der Waals surface area contributed by atoms with E-state index >= 15 is 0 Å². The van der Waals surface area contributed by atoms with Gasteiger partial charge in [-0.25, -0.2) is 13.2 Å². The summed E-state index contributed by atoms with van der Waals surface area (Å²) in [6.07, 6.45) is 0. The molecule has 0 aliphatic rings. The quantitative estimate of drug-likeness (QED) is 0.844. The average molecular weight is 384 g/mol. The molecule has 2 N–H and O–H groups in total. The Morgan fingerprint density at radius 1 is 1.09 bits per heavy atom. The molecule has 116 valence electrons. The van der Waals surface area contributed by atoms with E-state index in [0.717, 1.165) is 10.0 Å². The number of halogens is 1. The number of aromatic carboxylic acids is 1. The lowest BCUT2D eigenvalue weighted by Crippen LogP contribution is -2.14. The first-order chi connectivity index (χ1) is 10.2. The van der Waals surface area contributed by atoms with Crippen LogP contribution in [0.1, 0.15) is 21.5 Å². The molecule has 0 spiro atoms. The number of anilines is 1. The maximum atomic E-state index is 12.4. The highest BCUT2D eigenvalue weighted by Gasteiger charge is 2.17. The molecule has 2 rings (SSSR count). The molecule has 2 aromatic carbocycles. The van der Waals surface area contributed by atoms with Gasteiger partial charge in [0.05, 0.1) is 16.1 Å². The summed E-state index contributed by atoms with van der Waals surface area (Å²) >= 11 is 3.32. The monoisotopic (exact) mass is 383 g/mol. The molecule has 22 heavy (non-hydrogen) atoms. The Morgan fingerprint density at radius 3 is 2.36 bits per heavy atom. The summed E-state index contributed by atoms with van der Waals surface area (Å²) in [6.45, 7) is 3.50. The number of hydrogen-bond acceptors (Lipinski definition) is 3. The van der Waals surface area contributed by atoms with Crippen LogP contribution in [0.4, 0.5) is 5.69 Å². The van der Waals surface area contributed by atoms with Crippen LogP contribution < -0.4 is 4.72 Å². The standard InChI is InChI=1S/C15H14BrNO4S/c1-9-3-4-11(15(18)19)8-14(9)17-22(20,21)12-5-6-13(16)10(2)7-12/h3-8,17H,1-2H3,(H,18,19). The maximum Gasteiger partial charge on any atom is 0.335 e. The van der Waals surface area contributed by atoms with E-state index in [9.17, 15) is 13.2 Å². The molecule has 0 aliphatic heterocycles. The molecule has 0 saturated heterocycles. The number of aryl methyl sites for hydroxylation is 2. The second-order valence-electron chi connectivity index (χ2n) is 4.85. The smallest absolute Gasteiger partial charge is 0.335 e. The van der Waals surface area contributed by atoms with Crippen molar-refractivity contribution in [3.63, 3.8) is 0 Å². The Labute approximate surface area is 137 Å². The van der Waals surface area contributed by atoms with Crippen LogP contribution in [0.2, 0.25) is 0 Å². The zero-order chi connectivity index (χ0) is 16.5. The second-order valence-corrected chi connectivity index (χ2v) is 7.39. The van der Waals surface area contributed by atoms with Gasteiger partial charge in [0, 0.05) is 4.47 Å². The molecule has 0 aliphatic carbocycles. The van der Waals surface area contributed by atoms with Gasteiger partial charge in [0.15, 0.2) is 0 Å². The van der Waals surface area contributed by atoms with Crippen molar-refractivity contribution in [2.24, 2.45) is 0 Å². The molecule has 0 fully saturated rings. The third-order valence-corrected chi connectivity index (χ3v) is 5.42. The number of rotatable bonds is 4. The third kappa shape index (κ3) is 3.48. The first-order valence-electron chi connectivity index (χ1n) is 6.33. The van der Waals surface area contributed by atoms with Gasteiger partial charge in [-0.2, -0.15) is 0 Å². The van der Waals surface area contributed by atoms with Crippen molar-refractivity contribution >= 4 is 37.6 Å². The van der Waals surface area contributed by atoms with E-state index in [2.05, 4.69) is 20.7 Å². The second kappa shape index (κ2) is 6.10. The SMILES string of the molecule is Cc1cc(S(=O)(=O)Nc2cc(C(=O)O)ccc2C)ccc1Br. The van der Waals surface area contributed by atoms with Crippen molar-refractivity contribution in [2.45, 2.75) is 18.7 Å². The highest BCUT2D eigenvalue weighted by Crippen LogP contribution is 2.24. The minimum atomic E-state index is -3.78. The fourth-order valence-electron chi connectivity index (χ4n) is 1.85. The number of sulfonamides is 1. The minimum Gasteiger partial charge on any atom is -0.478 e. The molecule has 0 amide bonds. The summed E-state index contributed by atoms with van der Waals surface area (Å²) < 4.78 is 28.1. The fraction of sp³-hybridized carbons (Fsp3) is 0.133. The predicted molar refractivity (Wildman–Crippen MR) is 87.8 cm³/mol. The lowest BCUT2D eigenvalue weighted by atomic mass is 10.1. The Bertz CT molecular complexity index is 847. The highest BCUT2D eigenvalue weighted by atomic mass is 79.9. The molecule has 0 atom stereocenters. The van der Waals surface area contributed by atoms with Crippen LogP contribution in [0.3, 0.4) is 0 Å². The van der Waals surface area contributed by atoms with Crippen LogP contribution >= 0.6 is 15.9 Å². The molecule has 5 nitrogen and oxygen atoms in total. The molecule has 0 aromatic heterocycles. The van der Waals surface area contributed by atoms with Gasteiger partial charge in [0.2, 0.25) is 0 Å². The fourth-order valence-corrected chi connectivity index (χ4v) is 3.31. The Hall–Kier alpha value is -1.86. The van der Waals surface area contributed by atoms with Crippen LogP contribution in [-0.2, 0) is 10.0 Å². The van der Waals surface area contributed by atoms with E-state index in [1.807, 2.05) is 0 Å². The topological polar surface area (TPSA) is 83.5 Å². The Balaban J connectivity index is 2.42. The van der Waals surface area contributed by atoms with Crippen molar-refractivity contribution in [1.29, 1.82) is 0 Å². The van der Waals surface area contributed by atoms with E-state index in [1.54, 1.807) is 32.0 Å². The zero-order valence-corrected chi connectivity index (χ0v) is 14.3. The van der Waals surface area contributed by atoms with Crippen molar-refractivity contribution in [1.82, 2.24) is 0 Å². The van der Waals surface area contributed by atoms with Crippen LogP contribution in [0, 0.1) is 13.8 Å². The van der Waals surface area contributed by atoms with Gasteiger partial charge >= 0.3 is 5.97 Å². The molecule has 0 heterocycles. The zero-order valence-electron chi connectivity index (χ0n) is 11.9. The van der Waals surface area contributed by atoms with Gasteiger partial charge in [0.1, 0.15) is 0 Å². The summed E-state index contributed by atoms with van der Waals surface area (Å²) in [4.78, 5) is 11.1. The first-order valence-corrected chi connectivity index (χ1v) is 8.61. The number of nitrogens with one attached hydrogen (secondary N) is 1. The number of hydrogen-bond donors (Lipinski definition) is 2. The maximum absolute atomic E-state index is 12.4. The van der Waals surface area contributed by atoms with Crippen molar-refractivity contribution < 1.29 is 18.3 Å². The van der Waals surface area contributed by atoms with E-state index in [4.69, 9.17) is 5.11 Å². The summed E-state index contributed by atoms with van der Waals surface area (Å²) in [5, 5.41) is 9.00. The molecule has 2 aromatic rings. The van der Waals surface area contributed by atoms with Gasteiger partial charge in [0.25, 0.3) is 10.0 Å². The number of carbonyl (C=O) groups is 1. The molecule has 7 heteroatoms. The van der Waals surface area contributed by atoms with E-state index in [-0.39, 0.29) is 16.1 Å². The molecular weight excluding hydrogens is 370 g/mol. The Morgan fingerprint density at radius 2 is 1.77 bits per heavy atom. The number of benzene rings is 2. The minimum absolute atomic E-state index is 0.0234. The van der Waals surface area contributed by atoms with Crippen molar-refractivity contribution in [3.8, 4) is 0 Å². The summed E-state index contributed by atoms with van der Waals surface area (Å²) in [7, 11) is -3.78. The number of carboxylic acid groups (broad SMARTS) is 1. The van der Waals surface area contributed by atoms with Gasteiger partial charge in [-0.05, 0) is 55.3 Å². The largest absolute Gasteiger partial charge is 0.478 e. The molecule has 0 bridgehead atoms. The van der Waals surface area contributed by atoms with Crippen molar-refractivity contribution in [2.75, 3.05) is 4.72 Å². The summed E-state index contributed by atoms with van der Waals surface area (Å²) in [6, 6.07) is 8.98. The molecular formula is C15H14BrNO4S. The van der Waals surface area contributed by atoms with Gasteiger partial charge in [-0.1, -0.05) is 22.0 Å². The molecule has 0 unspecified atom stereocenters. The van der Waals surface area contributed by atoms with Crippen LogP contribution in [0.15, 0.2) is 45.8 Å². The average Bonchev–Trinajstić information content (AvgIpc) is 2.43. The van der Waals surface area contributed by atoms with Crippen LogP contribution in [-0.4, -0.2) is 19.5 Å². The van der Waals surface area contributed by atoms with E-state index < -0.39 is 16.0 Å². The molecule has 0 saturated carbocycles. The number of carboxylic acids is 1. The van der Waals surface area contributed by atoms with Crippen molar-refractivity contribution in [3.05, 3.63) is 57.6 Å². The Kier molecular flexibility index (Phi) is 4.58. The molecule has 0 radical (unpaired) electrons. The van der Waals surface area contributed by atoms with Gasteiger partial charge in [-0.3, -0.25) is 4.72 Å². The van der Waals surface area contributed by atoms with Crippen LogP contribution in [0.25, 0.3) is 0 Å². The van der Waals surface area contributed by atoms with Gasteiger partial charge < -0.3 is 5.11 Å². The lowest BCUT2D eigenvalue weighted by molar-refractivity contribution is 0.0697. The first kappa shape index (κ1) is 16.5. The summed E-state index contributed by atoms with van der Waals surface area (Å²) in [5.41, 5.74) is 1.71. The van der Waals surface area contributed by atoms with Gasteiger partial charge in [-0.15, -0.1) is 0 Å². The normalized spacial score (nSPS) is 11.2. The van der Waals surface area contributed by atoms with E-state index in [1.165, 1.54) is 18.2 Å². The predicted octanol–water partition coefficient (Wildman–Crippen LogP) is 3.56. The summed E-state index contributed by atoms with van der Waals surface area (Å²) in [5.74, 6) is -1.11. The lowest BCUT2D eigenvalue weighted by Gasteiger charge is -2.12. The highest BCUT2D eigenvalue weighted by molar-refractivity contribution is 9.10. The third-order valence-electron chi connectivity index (χ3n) is 3.17. The van der Waals surface area contributed by atoms with E-state index in [0.29, 0.717) is 5.56 Å². The van der Waals surface area contributed by atoms with Crippen LogP contribution in [0.5, 0.6) is 0 Å².